The summed E-state index contributed by atoms with van der Waals surface area (Å²) < 4.78 is 0. The van der Waals surface area contributed by atoms with Gasteiger partial charge in [-0.2, -0.15) is 0 Å². The molecule has 0 saturated heterocycles. The van der Waals surface area contributed by atoms with Crippen LogP contribution >= 0.6 is 11.6 Å². The Hall–Kier alpha value is -0.240. The summed E-state index contributed by atoms with van der Waals surface area (Å²) in [6.07, 6.45) is 1.30. The van der Waals surface area contributed by atoms with Crippen LogP contribution in [0.5, 0.6) is 0 Å². The molecule has 8 heavy (non-hydrogen) atoms. The van der Waals surface area contributed by atoms with Crippen molar-refractivity contribution >= 4 is 17.6 Å². The molecule has 1 N–H and O–H groups in total. The van der Waals surface area contributed by atoms with Crippen LogP contribution in [0.1, 0.15) is 12.8 Å². The van der Waals surface area contributed by atoms with E-state index in [9.17, 15) is 4.79 Å². The fourth-order valence-electron chi connectivity index (χ4n) is 0.750. The Balaban J connectivity index is 2.25. The molecule has 0 aromatic carbocycles. The van der Waals surface area contributed by atoms with Crippen molar-refractivity contribution < 1.29 is 9.90 Å². The highest BCUT2D eigenvalue weighted by Gasteiger charge is 2.32. The van der Waals surface area contributed by atoms with Crippen molar-refractivity contribution in [1.82, 2.24) is 0 Å². The lowest BCUT2D eigenvalue weighted by molar-refractivity contribution is -0.144. The highest BCUT2D eigenvalue weighted by atomic mass is 35.5. The lowest BCUT2D eigenvalue weighted by Gasteiger charge is -2.26. The third-order valence-corrected chi connectivity index (χ3v) is 1.79. The number of carboxylic acids is 1. The molecule has 0 aromatic heterocycles. The number of alkyl halides is 1. The van der Waals surface area contributed by atoms with E-state index in [1.165, 1.54) is 0 Å². The Labute approximate surface area is 52.5 Å². The molecule has 0 radical (unpaired) electrons. The van der Waals surface area contributed by atoms with Crippen LogP contribution in [-0.4, -0.2) is 16.5 Å². The first kappa shape index (κ1) is 5.89. The quantitative estimate of drug-likeness (QED) is 0.545. The first-order chi connectivity index (χ1) is 3.70. The number of aliphatic carboxylic acids is 1. The van der Waals surface area contributed by atoms with Crippen LogP contribution in [0.2, 0.25) is 0 Å². The molecule has 0 atom stereocenters. The molecule has 1 aliphatic rings. The fraction of sp³-hybridized carbons (Fsp3) is 0.800. The summed E-state index contributed by atoms with van der Waals surface area (Å²) in [6, 6.07) is 0. The normalized spacial score (nSPS) is 36.1. The van der Waals surface area contributed by atoms with E-state index >= 15 is 0 Å². The largest absolute Gasteiger partial charge is 0.481 e. The lowest BCUT2D eigenvalue weighted by Crippen LogP contribution is -2.30. The summed E-state index contributed by atoms with van der Waals surface area (Å²) in [4.78, 5) is 10.1. The van der Waals surface area contributed by atoms with E-state index in [0.29, 0.717) is 12.8 Å². The van der Waals surface area contributed by atoms with Crippen LogP contribution in [-0.2, 0) is 4.79 Å². The predicted octanol–water partition coefficient (Wildman–Crippen LogP) is 1.09. The third kappa shape index (κ3) is 0.944. The molecular formula is C5H7ClO2. The maximum Gasteiger partial charge on any atom is 0.306 e. The third-order valence-electron chi connectivity index (χ3n) is 1.43. The summed E-state index contributed by atoms with van der Waals surface area (Å²) in [7, 11) is 0. The zero-order valence-corrected chi connectivity index (χ0v) is 5.06. The van der Waals surface area contributed by atoms with Gasteiger partial charge in [0.1, 0.15) is 0 Å². The summed E-state index contributed by atoms with van der Waals surface area (Å²) in [5, 5.41) is 8.41. The minimum Gasteiger partial charge on any atom is -0.481 e. The first-order valence-electron chi connectivity index (χ1n) is 2.57. The SMILES string of the molecule is O=C(O)C1CC(Cl)C1. The maximum absolute atomic E-state index is 10.1. The van der Waals surface area contributed by atoms with Gasteiger partial charge in [-0.15, -0.1) is 11.6 Å². The average Bonchev–Trinajstić information content (AvgIpc) is 1.57. The van der Waals surface area contributed by atoms with Gasteiger partial charge in [-0.05, 0) is 12.8 Å². The van der Waals surface area contributed by atoms with Crippen molar-refractivity contribution in [2.24, 2.45) is 5.92 Å². The average molecular weight is 135 g/mol. The summed E-state index contributed by atoms with van der Waals surface area (Å²) in [5.74, 6) is -0.862. The van der Waals surface area contributed by atoms with Gasteiger partial charge in [0.05, 0.1) is 5.92 Å². The Morgan fingerprint density at radius 2 is 2.12 bits per heavy atom. The van der Waals surface area contributed by atoms with E-state index in [-0.39, 0.29) is 11.3 Å². The molecule has 3 heteroatoms. The molecule has 0 heterocycles. The molecule has 0 aliphatic heterocycles. The molecule has 0 aromatic rings. The van der Waals surface area contributed by atoms with Crippen LogP contribution in [0, 0.1) is 5.92 Å². The standard InChI is InChI=1S/C5H7ClO2/c6-4-1-3(2-4)5(7)8/h3-4H,1-2H2,(H,7,8). The molecule has 1 fully saturated rings. The van der Waals surface area contributed by atoms with E-state index in [2.05, 4.69) is 0 Å². The van der Waals surface area contributed by atoms with Crippen molar-refractivity contribution in [3.63, 3.8) is 0 Å². The number of carbonyl (C=O) groups is 1. The molecule has 0 bridgehead atoms. The van der Waals surface area contributed by atoms with Crippen LogP contribution in [0.25, 0.3) is 0 Å². The first-order valence-corrected chi connectivity index (χ1v) is 3.00. The zero-order chi connectivity index (χ0) is 6.15. The van der Waals surface area contributed by atoms with Crippen molar-refractivity contribution in [3.8, 4) is 0 Å². The fourth-order valence-corrected chi connectivity index (χ4v) is 1.18. The number of hydrogen-bond donors (Lipinski definition) is 1. The van der Waals surface area contributed by atoms with Crippen LogP contribution in [0.15, 0.2) is 0 Å². The van der Waals surface area contributed by atoms with Gasteiger partial charge in [-0.1, -0.05) is 0 Å². The van der Waals surface area contributed by atoms with Gasteiger partial charge >= 0.3 is 5.97 Å². The van der Waals surface area contributed by atoms with Gasteiger partial charge in [0.25, 0.3) is 0 Å². The second kappa shape index (κ2) is 1.94. The molecule has 0 spiro atoms. The van der Waals surface area contributed by atoms with Crippen molar-refractivity contribution in [3.05, 3.63) is 0 Å². The number of hydrogen-bond acceptors (Lipinski definition) is 1. The predicted molar refractivity (Wildman–Crippen MR) is 30.0 cm³/mol. The highest BCUT2D eigenvalue weighted by Crippen LogP contribution is 2.31. The lowest BCUT2D eigenvalue weighted by atomic mass is 9.85. The zero-order valence-electron chi connectivity index (χ0n) is 4.30. The Kier molecular flexibility index (Phi) is 1.43. The van der Waals surface area contributed by atoms with Crippen molar-refractivity contribution in [2.75, 3.05) is 0 Å². The molecule has 0 unspecified atom stereocenters. The minimum absolute atomic E-state index is 0.121. The molecule has 1 aliphatic carbocycles. The maximum atomic E-state index is 10.1. The van der Waals surface area contributed by atoms with E-state index in [4.69, 9.17) is 16.7 Å². The van der Waals surface area contributed by atoms with Crippen LogP contribution < -0.4 is 0 Å². The van der Waals surface area contributed by atoms with Gasteiger partial charge in [-0.25, -0.2) is 0 Å². The van der Waals surface area contributed by atoms with Crippen molar-refractivity contribution in [2.45, 2.75) is 18.2 Å². The van der Waals surface area contributed by atoms with Crippen LogP contribution in [0.4, 0.5) is 0 Å². The second-order valence-electron chi connectivity index (χ2n) is 2.10. The van der Waals surface area contributed by atoms with Gasteiger partial charge in [-0.3, -0.25) is 4.79 Å². The van der Waals surface area contributed by atoms with Crippen LogP contribution in [0.3, 0.4) is 0 Å². The Morgan fingerprint density at radius 1 is 1.62 bits per heavy atom. The topological polar surface area (TPSA) is 37.3 Å². The van der Waals surface area contributed by atoms with E-state index < -0.39 is 5.97 Å². The Morgan fingerprint density at radius 3 is 2.25 bits per heavy atom. The number of carboxylic acid groups (broad SMARTS) is 1. The molecular weight excluding hydrogens is 128 g/mol. The van der Waals surface area contributed by atoms with Crippen molar-refractivity contribution in [1.29, 1.82) is 0 Å². The number of halogens is 1. The van der Waals surface area contributed by atoms with Gasteiger partial charge in [0.2, 0.25) is 0 Å². The number of rotatable bonds is 1. The summed E-state index contributed by atoms with van der Waals surface area (Å²) >= 11 is 5.52. The van der Waals surface area contributed by atoms with E-state index in [1.807, 2.05) is 0 Å². The summed E-state index contributed by atoms with van der Waals surface area (Å²) in [5.41, 5.74) is 0. The monoisotopic (exact) mass is 134 g/mol. The Bertz CT molecular complexity index is 107. The van der Waals surface area contributed by atoms with E-state index in [1.54, 1.807) is 0 Å². The van der Waals surface area contributed by atoms with Gasteiger partial charge in [0, 0.05) is 5.38 Å². The summed E-state index contributed by atoms with van der Waals surface area (Å²) in [6.45, 7) is 0. The van der Waals surface area contributed by atoms with Gasteiger partial charge in [0.15, 0.2) is 0 Å². The minimum atomic E-state index is -0.707. The second-order valence-corrected chi connectivity index (χ2v) is 2.72. The highest BCUT2D eigenvalue weighted by molar-refractivity contribution is 6.21. The smallest absolute Gasteiger partial charge is 0.306 e. The molecule has 1 rings (SSSR count). The molecule has 2 nitrogen and oxygen atoms in total. The molecule has 0 amide bonds. The molecule has 46 valence electrons. The van der Waals surface area contributed by atoms with Gasteiger partial charge < -0.3 is 5.11 Å². The molecule has 1 saturated carbocycles. The van der Waals surface area contributed by atoms with E-state index in [0.717, 1.165) is 0 Å².